The Balaban J connectivity index is 2.00. The summed E-state index contributed by atoms with van der Waals surface area (Å²) >= 11 is 2.35. The Kier molecular flexibility index (Phi) is 3.53. The van der Waals surface area contributed by atoms with Gasteiger partial charge in [-0.2, -0.15) is 8.78 Å². The van der Waals surface area contributed by atoms with E-state index in [1.165, 1.54) is 18.3 Å². The number of aromatic nitrogens is 2. The van der Waals surface area contributed by atoms with Crippen LogP contribution in [-0.2, 0) is 0 Å². The van der Waals surface area contributed by atoms with Gasteiger partial charge >= 0.3 is 6.08 Å². The van der Waals surface area contributed by atoms with E-state index in [0.29, 0.717) is 10.3 Å². The Hall–Kier alpha value is -0.560. The molecule has 1 atom stereocenters. The lowest BCUT2D eigenvalue weighted by molar-refractivity contribution is 0.374. The summed E-state index contributed by atoms with van der Waals surface area (Å²) in [6.07, 6.45) is -0.0308. The van der Waals surface area contributed by atoms with Gasteiger partial charge in [-0.3, -0.25) is 0 Å². The monoisotopic (exact) mass is 266 g/mol. The standard InChI is InChI=1S/C9H9F3N2S2/c1-4(6(10)7(11)12)15-9-14-13-8(16-9)5-2-3-5/h4-5H,2-3H2,1H3. The highest BCUT2D eigenvalue weighted by Crippen LogP contribution is 2.43. The molecule has 0 bridgehead atoms. The quantitative estimate of drug-likeness (QED) is 0.771. The van der Waals surface area contributed by atoms with E-state index >= 15 is 0 Å². The fraction of sp³-hybridized carbons (Fsp3) is 0.556. The average molecular weight is 266 g/mol. The van der Waals surface area contributed by atoms with Gasteiger partial charge in [-0.05, 0) is 19.8 Å². The molecule has 1 aromatic rings. The van der Waals surface area contributed by atoms with Crippen LogP contribution in [0.25, 0.3) is 0 Å². The summed E-state index contributed by atoms with van der Waals surface area (Å²) in [4.78, 5) is 0. The van der Waals surface area contributed by atoms with Crippen LogP contribution >= 0.6 is 23.1 Å². The summed E-state index contributed by atoms with van der Waals surface area (Å²) < 4.78 is 37.4. The molecular weight excluding hydrogens is 257 g/mol. The fourth-order valence-corrected chi connectivity index (χ4v) is 3.33. The van der Waals surface area contributed by atoms with Gasteiger partial charge in [-0.25, -0.2) is 4.39 Å². The first-order valence-corrected chi connectivity index (χ1v) is 6.48. The van der Waals surface area contributed by atoms with Crippen molar-refractivity contribution in [3.05, 3.63) is 16.9 Å². The zero-order valence-electron chi connectivity index (χ0n) is 8.41. The van der Waals surface area contributed by atoms with E-state index in [4.69, 9.17) is 0 Å². The second kappa shape index (κ2) is 4.75. The number of rotatable bonds is 4. The van der Waals surface area contributed by atoms with Gasteiger partial charge in [0.25, 0.3) is 0 Å². The molecule has 0 N–H and O–H groups in total. The van der Waals surface area contributed by atoms with Crippen molar-refractivity contribution in [1.82, 2.24) is 10.2 Å². The highest BCUT2D eigenvalue weighted by Gasteiger charge is 2.28. The van der Waals surface area contributed by atoms with E-state index in [1.54, 1.807) is 0 Å². The van der Waals surface area contributed by atoms with Gasteiger partial charge in [0.1, 0.15) is 5.01 Å². The molecule has 0 radical (unpaired) electrons. The lowest BCUT2D eigenvalue weighted by Crippen LogP contribution is -1.97. The van der Waals surface area contributed by atoms with Crippen molar-refractivity contribution < 1.29 is 13.2 Å². The smallest absolute Gasteiger partial charge is 0.205 e. The number of hydrogen-bond acceptors (Lipinski definition) is 4. The van der Waals surface area contributed by atoms with Crippen LogP contribution in [0.1, 0.15) is 30.7 Å². The maximum Gasteiger partial charge on any atom is 0.302 e. The molecule has 1 unspecified atom stereocenters. The van der Waals surface area contributed by atoms with Crippen molar-refractivity contribution >= 4 is 23.1 Å². The Morgan fingerprint density at radius 2 is 2.06 bits per heavy atom. The number of nitrogens with zero attached hydrogens (tertiary/aromatic N) is 2. The molecule has 7 heteroatoms. The molecule has 1 saturated carbocycles. The predicted octanol–water partition coefficient (Wildman–Crippen LogP) is 3.97. The topological polar surface area (TPSA) is 25.8 Å². The lowest BCUT2D eigenvalue weighted by Gasteiger charge is -2.03. The molecule has 1 heterocycles. The summed E-state index contributed by atoms with van der Waals surface area (Å²) in [6, 6.07) is 0. The SMILES string of the molecule is CC(Sc1nnc(C2CC2)s1)C(F)=C(F)F. The van der Waals surface area contributed by atoms with Crippen molar-refractivity contribution in [1.29, 1.82) is 0 Å². The van der Waals surface area contributed by atoms with E-state index in [9.17, 15) is 13.2 Å². The zero-order valence-corrected chi connectivity index (χ0v) is 10.0. The third-order valence-electron chi connectivity index (χ3n) is 2.16. The van der Waals surface area contributed by atoms with Crippen molar-refractivity contribution in [2.24, 2.45) is 0 Å². The van der Waals surface area contributed by atoms with Gasteiger partial charge in [-0.1, -0.05) is 23.1 Å². The number of thioether (sulfide) groups is 1. The molecular formula is C9H9F3N2S2. The maximum absolute atomic E-state index is 12.8. The highest BCUT2D eigenvalue weighted by molar-refractivity contribution is 8.01. The highest BCUT2D eigenvalue weighted by atomic mass is 32.2. The minimum Gasteiger partial charge on any atom is -0.205 e. The molecule has 1 aliphatic rings. The van der Waals surface area contributed by atoms with Crippen molar-refractivity contribution in [3.63, 3.8) is 0 Å². The Labute approximate surface area is 99.0 Å². The van der Waals surface area contributed by atoms with Crippen LogP contribution in [0.4, 0.5) is 13.2 Å². The van der Waals surface area contributed by atoms with Gasteiger partial charge in [0.15, 0.2) is 10.2 Å². The van der Waals surface area contributed by atoms with Crippen molar-refractivity contribution in [2.45, 2.75) is 35.3 Å². The zero-order chi connectivity index (χ0) is 11.7. The van der Waals surface area contributed by atoms with Crippen LogP contribution in [0.15, 0.2) is 16.2 Å². The minimum absolute atomic E-state index is 0.487. The minimum atomic E-state index is -2.26. The molecule has 0 aromatic carbocycles. The van der Waals surface area contributed by atoms with Gasteiger partial charge in [0.2, 0.25) is 0 Å². The van der Waals surface area contributed by atoms with E-state index in [-0.39, 0.29) is 0 Å². The second-order valence-corrected chi connectivity index (χ2v) is 6.15. The van der Waals surface area contributed by atoms with E-state index in [0.717, 1.165) is 29.6 Å². The molecule has 0 amide bonds. The van der Waals surface area contributed by atoms with Crippen LogP contribution in [0.2, 0.25) is 0 Å². The van der Waals surface area contributed by atoms with Gasteiger partial charge in [-0.15, -0.1) is 10.2 Å². The van der Waals surface area contributed by atoms with E-state index in [2.05, 4.69) is 10.2 Å². The third kappa shape index (κ3) is 2.76. The van der Waals surface area contributed by atoms with E-state index in [1.807, 2.05) is 0 Å². The Morgan fingerprint density at radius 3 is 2.62 bits per heavy atom. The first-order valence-electron chi connectivity index (χ1n) is 4.78. The average Bonchev–Trinajstić information content (AvgIpc) is 2.99. The molecule has 0 spiro atoms. The summed E-state index contributed by atoms with van der Waals surface area (Å²) in [5.41, 5.74) is 0. The summed E-state index contributed by atoms with van der Waals surface area (Å²) in [5, 5.41) is 7.83. The number of hydrogen-bond donors (Lipinski definition) is 0. The molecule has 88 valence electrons. The van der Waals surface area contributed by atoms with E-state index < -0.39 is 17.2 Å². The molecule has 16 heavy (non-hydrogen) atoms. The van der Waals surface area contributed by atoms with Crippen LogP contribution in [0, 0.1) is 0 Å². The molecule has 2 rings (SSSR count). The van der Waals surface area contributed by atoms with Crippen molar-refractivity contribution in [3.8, 4) is 0 Å². The largest absolute Gasteiger partial charge is 0.302 e. The predicted molar refractivity (Wildman–Crippen MR) is 57.6 cm³/mol. The molecule has 0 aliphatic heterocycles. The lowest BCUT2D eigenvalue weighted by atomic mass is 10.4. The first kappa shape index (κ1) is 11.9. The van der Waals surface area contributed by atoms with Crippen LogP contribution in [0.3, 0.4) is 0 Å². The Morgan fingerprint density at radius 1 is 1.38 bits per heavy atom. The maximum atomic E-state index is 12.8. The number of halogens is 3. The Bertz CT molecular complexity index is 411. The van der Waals surface area contributed by atoms with Gasteiger partial charge in [0, 0.05) is 5.92 Å². The summed E-state index contributed by atoms with van der Waals surface area (Å²) in [5.74, 6) is -0.895. The molecule has 0 saturated heterocycles. The fourth-order valence-electron chi connectivity index (χ4n) is 1.12. The summed E-state index contributed by atoms with van der Waals surface area (Å²) in [7, 11) is 0. The third-order valence-corrected chi connectivity index (χ3v) is 4.43. The summed E-state index contributed by atoms with van der Waals surface area (Å²) in [6.45, 7) is 1.39. The second-order valence-electron chi connectivity index (χ2n) is 3.55. The van der Waals surface area contributed by atoms with Crippen LogP contribution in [0.5, 0.6) is 0 Å². The molecule has 1 fully saturated rings. The van der Waals surface area contributed by atoms with Gasteiger partial charge < -0.3 is 0 Å². The van der Waals surface area contributed by atoms with Crippen molar-refractivity contribution in [2.75, 3.05) is 0 Å². The normalized spacial score (nSPS) is 17.2. The van der Waals surface area contributed by atoms with Gasteiger partial charge in [0.05, 0.1) is 5.25 Å². The van der Waals surface area contributed by atoms with Crippen LogP contribution in [-0.4, -0.2) is 15.4 Å². The molecule has 1 aliphatic carbocycles. The van der Waals surface area contributed by atoms with Crippen LogP contribution < -0.4 is 0 Å². The first-order chi connectivity index (χ1) is 7.58. The molecule has 2 nitrogen and oxygen atoms in total. The molecule has 1 aromatic heterocycles.